The third kappa shape index (κ3) is 3.68. The molecule has 0 aromatic rings. The number of hydrogen-bond donors (Lipinski definition) is 3. The quantitative estimate of drug-likeness (QED) is 0.645. The first kappa shape index (κ1) is 14.9. The van der Waals surface area contributed by atoms with Gasteiger partial charge >= 0.3 is 5.97 Å². The zero-order chi connectivity index (χ0) is 13.8. The second kappa shape index (κ2) is 6.15. The summed E-state index contributed by atoms with van der Waals surface area (Å²) >= 11 is 0. The zero-order valence-corrected chi connectivity index (χ0v) is 11.2. The lowest BCUT2D eigenvalue weighted by molar-refractivity contribution is -0.148. The number of carboxylic acid groups (broad SMARTS) is 1. The average Bonchev–Trinajstić information content (AvgIpc) is 2.28. The van der Waals surface area contributed by atoms with Crippen LogP contribution in [0.4, 0.5) is 0 Å². The molecule has 1 amide bonds. The van der Waals surface area contributed by atoms with Gasteiger partial charge in [0.15, 0.2) is 6.10 Å². The van der Waals surface area contributed by atoms with E-state index in [2.05, 4.69) is 10.6 Å². The van der Waals surface area contributed by atoms with E-state index in [0.717, 1.165) is 19.4 Å². The van der Waals surface area contributed by atoms with E-state index in [1.165, 1.54) is 7.11 Å². The molecular formula is C12H22N2O4. The molecule has 0 spiro atoms. The summed E-state index contributed by atoms with van der Waals surface area (Å²) in [6, 6.07) is -0.280. The van der Waals surface area contributed by atoms with Gasteiger partial charge in [-0.2, -0.15) is 0 Å². The van der Waals surface area contributed by atoms with E-state index in [1.54, 1.807) is 0 Å². The number of ether oxygens (including phenoxy) is 1. The van der Waals surface area contributed by atoms with Gasteiger partial charge in [0.25, 0.3) is 0 Å². The Morgan fingerprint density at radius 3 is 2.72 bits per heavy atom. The fraction of sp³-hybridized carbons (Fsp3) is 0.833. The number of carbonyl (C=O) groups is 2. The summed E-state index contributed by atoms with van der Waals surface area (Å²) in [5, 5.41) is 14.6. The molecule has 0 aliphatic carbocycles. The van der Waals surface area contributed by atoms with Crippen LogP contribution in [-0.2, 0) is 14.3 Å². The maximum Gasteiger partial charge on any atom is 0.334 e. The first-order valence-corrected chi connectivity index (χ1v) is 6.15. The molecule has 2 unspecified atom stereocenters. The second-order valence-electron chi connectivity index (χ2n) is 5.29. The predicted octanol–water partition coefficient (Wildman–Crippen LogP) is -0.0196. The van der Waals surface area contributed by atoms with Crippen molar-refractivity contribution in [3.05, 3.63) is 0 Å². The Bertz CT molecular complexity index is 317. The predicted molar refractivity (Wildman–Crippen MR) is 66.2 cm³/mol. The van der Waals surface area contributed by atoms with E-state index >= 15 is 0 Å². The van der Waals surface area contributed by atoms with Crippen LogP contribution in [0.2, 0.25) is 0 Å². The number of methoxy groups -OCH3 is 1. The van der Waals surface area contributed by atoms with Gasteiger partial charge in [-0.15, -0.1) is 0 Å². The van der Waals surface area contributed by atoms with Gasteiger partial charge in [0.05, 0.1) is 12.6 Å². The van der Waals surface area contributed by atoms with Gasteiger partial charge < -0.3 is 20.5 Å². The lowest BCUT2D eigenvalue weighted by Gasteiger charge is -2.38. The zero-order valence-electron chi connectivity index (χ0n) is 11.2. The lowest BCUT2D eigenvalue weighted by atomic mass is 9.77. The monoisotopic (exact) mass is 258 g/mol. The van der Waals surface area contributed by atoms with E-state index in [4.69, 9.17) is 9.84 Å². The summed E-state index contributed by atoms with van der Waals surface area (Å²) in [4.78, 5) is 22.8. The third-order valence-corrected chi connectivity index (χ3v) is 3.41. The molecule has 0 aromatic carbocycles. The summed E-state index contributed by atoms with van der Waals surface area (Å²) in [6.45, 7) is 4.87. The molecule has 18 heavy (non-hydrogen) atoms. The first-order chi connectivity index (χ1) is 8.38. The highest BCUT2D eigenvalue weighted by atomic mass is 16.5. The maximum absolute atomic E-state index is 12.0. The SMILES string of the molecule is COC(CNC(=O)C1NCCCC1(C)C)C(=O)O. The summed E-state index contributed by atoms with van der Waals surface area (Å²) in [6.07, 6.45) is 1.03. The van der Waals surface area contributed by atoms with Crippen molar-refractivity contribution in [2.24, 2.45) is 5.41 Å². The molecule has 3 N–H and O–H groups in total. The van der Waals surface area contributed by atoms with Gasteiger partial charge in [-0.25, -0.2) is 4.79 Å². The minimum Gasteiger partial charge on any atom is -0.479 e. The number of rotatable bonds is 5. The fourth-order valence-corrected chi connectivity index (χ4v) is 2.23. The molecule has 0 radical (unpaired) electrons. The Hall–Kier alpha value is -1.14. The highest BCUT2D eigenvalue weighted by Gasteiger charge is 2.37. The van der Waals surface area contributed by atoms with Crippen molar-refractivity contribution in [2.45, 2.75) is 38.8 Å². The van der Waals surface area contributed by atoms with E-state index < -0.39 is 12.1 Å². The molecule has 1 aliphatic rings. The Kier molecular flexibility index (Phi) is 5.10. The standard InChI is InChI=1S/C12H22N2O4/c1-12(2)5-4-6-13-9(12)10(15)14-7-8(18-3)11(16)17/h8-9,13H,4-7H2,1-3H3,(H,14,15)(H,16,17). The highest BCUT2D eigenvalue weighted by Crippen LogP contribution is 2.29. The number of carbonyl (C=O) groups excluding carboxylic acids is 1. The Balaban J connectivity index is 2.52. The van der Waals surface area contributed by atoms with Crippen LogP contribution in [0.25, 0.3) is 0 Å². The van der Waals surface area contributed by atoms with E-state index in [-0.39, 0.29) is 23.9 Å². The molecule has 0 aromatic heterocycles. The van der Waals surface area contributed by atoms with Gasteiger partial charge in [-0.3, -0.25) is 4.79 Å². The van der Waals surface area contributed by atoms with Gasteiger partial charge in [0, 0.05) is 7.11 Å². The van der Waals surface area contributed by atoms with Crippen molar-refractivity contribution in [3.63, 3.8) is 0 Å². The number of aliphatic carboxylic acids is 1. The second-order valence-corrected chi connectivity index (χ2v) is 5.29. The molecular weight excluding hydrogens is 236 g/mol. The Morgan fingerprint density at radius 1 is 1.56 bits per heavy atom. The van der Waals surface area contributed by atoms with Crippen LogP contribution in [0.1, 0.15) is 26.7 Å². The fourth-order valence-electron chi connectivity index (χ4n) is 2.23. The van der Waals surface area contributed by atoms with Crippen LogP contribution in [0.15, 0.2) is 0 Å². The van der Waals surface area contributed by atoms with Crippen molar-refractivity contribution in [1.29, 1.82) is 0 Å². The van der Waals surface area contributed by atoms with Gasteiger partial charge in [0.1, 0.15) is 0 Å². The van der Waals surface area contributed by atoms with Gasteiger partial charge in [-0.05, 0) is 24.8 Å². The molecule has 104 valence electrons. The molecule has 0 bridgehead atoms. The van der Waals surface area contributed by atoms with Crippen LogP contribution in [0.5, 0.6) is 0 Å². The molecule has 0 saturated carbocycles. The van der Waals surface area contributed by atoms with Gasteiger partial charge in [-0.1, -0.05) is 13.8 Å². The summed E-state index contributed by atoms with van der Waals surface area (Å²) in [7, 11) is 1.31. The highest BCUT2D eigenvalue weighted by molar-refractivity contribution is 5.83. The average molecular weight is 258 g/mol. The van der Waals surface area contributed by atoms with E-state index in [0.29, 0.717) is 0 Å². The lowest BCUT2D eigenvalue weighted by Crippen LogP contribution is -2.56. The molecule has 1 fully saturated rings. The molecule has 6 heteroatoms. The van der Waals surface area contributed by atoms with Crippen LogP contribution in [-0.4, -0.2) is 49.3 Å². The summed E-state index contributed by atoms with van der Waals surface area (Å²) in [5.41, 5.74) is -0.117. The Morgan fingerprint density at radius 2 is 2.22 bits per heavy atom. The third-order valence-electron chi connectivity index (χ3n) is 3.41. The van der Waals surface area contributed by atoms with Gasteiger partial charge in [0.2, 0.25) is 5.91 Å². The first-order valence-electron chi connectivity index (χ1n) is 6.15. The normalized spacial score (nSPS) is 24.3. The summed E-state index contributed by atoms with van der Waals surface area (Å²) < 4.78 is 4.77. The molecule has 1 aliphatic heterocycles. The largest absolute Gasteiger partial charge is 0.479 e. The number of nitrogens with one attached hydrogen (secondary N) is 2. The Labute approximate surface area is 107 Å². The van der Waals surface area contributed by atoms with Crippen molar-refractivity contribution in [2.75, 3.05) is 20.2 Å². The molecule has 1 heterocycles. The molecule has 1 rings (SSSR count). The van der Waals surface area contributed by atoms with E-state index in [9.17, 15) is 9.59 Å². The smallest absolute Gasteiger partial charge is 0.334 e. The minimum atomic E-state index is -1.08. The minimum absolute atomic E-state index is 0.0150. The number of carboxylic acids is 1. The van der Waals surface area contributed by atoms with Crippen molar-refractivity contribution in [1.82, 2.24) is 10.6 Å². The number of hydrogen-bond acceptors (Lipinski definition) is 4. The van der Waals surface area contributed by atoms with E-state index in [1.807, 2.05) is 13.8 Å². The molecule has 2 atom stereocenters. The van der Waals surface area contributed by atoms with Crippen molar-refractivity contribution >= 4 is 11.9 Å². The van der Waals surface area contributed by atoms with Crippen LogP contribution in [0, 0.1) is 5.41 Å². The maximum atomic E-state index is 12.0. The topological polar surface area (TPSA) is 87.7 Å². The van der Waals surface area contributed by atoms with Crippen LogP contribution in [0.3, 0.4) is 0 Å². The summed E-state index contributed by atoms with van der Waals surface area (Å²) in [5.74, 6) is -1.24. The van der Waals surface area contributed by atoms with Crippen molar-refractivity contribution < 1.29 is 19.4 Å². The van der Waals surface area contributed by atoms with Crippen LogP contribution >= 0.6 is 0 Å². The number of piperidine rings is 1. The number of amides is 1. The van der Waals surface area contributed by atoms with Crippen molar-refractivity contribution in [3.8, 4) is 0 Å². The molecule has 1 saturated heterocycles. The van der Waals surface area contributed by atoms with Crippen LogP contribution < -0.4 is 10.6 Å². The molecule has 6 nitrogen and oxygen atoms in total.